The molecule has 0 bridgehead atoms. The highest BCUT2D eigenvalue weighted by molar-refractivity contribution is 6.04. The lowest BCUT2D eigenvalue weighted by atomic mass is 9.59. The second kappa shape index (κ2) is 9.36. The Kier molecular flexibility index (Phi) is 6.72. The summed E-state index contributed by atoms with van der Waals surface area (Å²) in [5.41, 5.74) is -4.66. The summed E-state index contributed by atoms with van der Waals surface area (Å²) in [6.07, 6.45) is 2.72. The highest BCUT2D eigenvalue weighted by atomic mass is 16.6. The Morgan fingerprint density at radius 1 is 1.12 bits per heavy atom. The second-order valence-electron chi connectivity index (χ2n) is 12.9. The van der Waals surface area contributed by atoms with E-state index >= 15 is 0 Å². The summed E-state index contributed by atoms with van der Waals surface area (Å²) in [6, 6.07) is 8.48. The van der Waals surface area contributed by atoms with E-state index in [1.165, 1.54) is 0 Å². The fraction of sp³-hybridized carbons (Fsp3) is 0.594. The molecule has 8 nitrogen and oxygen atoms in total. The van der Waals surface area contributed by atoms with E-state index in [2.05, 4.69) is 0 Å². The van der Waals surface area contributed by atoms with Gasteiger partial charge in [-0.3, -0.25) is 9.59 Å². The molecule has 0 heterocycles. The Labute approximate surface area is 235 Å². The second-order valence-corrected chi connectivity index (χ2v) is 12.9. The maximum absolute atomic E-state index is 13.5. The van der Waals surface area contributed by atoms with E-state index in [4.69, 9.17) is 9.47 Å². The minimum atomic E-state index is -1.96. The van der Waals surface area contributed by atoms with Gasteiger partial charge in [0.2, 0.25) is 0 Å². The lowest BCUT2D eigenvalue weighted by Gasteiger charge is -2.53. The number of rotatable bonds is 6. The smallest absolute Gasteiger partial charge is 0.338 e. The zero-order valence-electron chi connectivity index (χ0n) is 24.0. The number of ketones is 1. The summed E-state index contributed by atoms with van der Waals surface area (Å²) in [7, 11) is 0. The maximum atomic E-state index is 13.5. The van der Waals surface area contributed by atoms with Crippen LogP contribution < -0.4 is 0 Å². The van der Waals surface area contributed by atoms with Crippen molar-refractivity contribution in [2.75, 3.05) is 6.61 Å². The molecule has 2 fully saturated rings. The minimum absolute atomic E-state index is 0.131. The SMILES string of the molecule is CCC(C)C(=O)O[C@@]12[C@H](OC(=O)c3ccccc3)[C@@H](C)[C@@]3(O)[C@@H](C=C(CO)C[C@]4(O)C(=O)C(C)=C[C@@H]34)[C@@H]1C2(C)C. The molecular weight excluding hydrogens is 512 g/mol. The standard InChI is InChI=1S/C32H40O8/c1-7-17(2)27(35)40-32-24(29(32,5)6)22-14-20(16-33)15-30(37)23(13-18(3)25(30)34)31(22,38)19(4)26(32)39-28(36)21-11-9-8-10-12-21/h8-14,17,19,22-24,26,33,37-38H,7,15-16H2,1-6H3/t17?,19-,22+,23-,24-,26-,30-,31-,32-/m1/s1. The van der Waals surface area contributed by atoms with Crippen molar-refractivity contribution >= 4 is 17.7 Å². The first kappa shape index (κ1) is 28.7. The molecule has 3 N–H and O–H groups in total. The lowest BCUT2D eigenvalue weighted by Crippen LogP contribution is -2.66. The van der Waals surface area contributed by atoms with Crippen LogP contribution in [0.5, 0.6) is 0 Å². The Bertz CT molecular complexity index is 1300. The van der Waals surface area contributed by atoms with Crippen LogP contribution in [0.4, 0.5) is 0 Å². The molecule has 4 aliphatic carbocycles. The van der Waals surface area contributed by atoms with Crippen molar-refractivity contribution in [2.24, 2.45) is 35.0 Å². The average Bonchev–Trinajstić information content (AvgIpc) is 3.36. The third-order valence-corrected chi connectivity index (χ3v) is 10.5. The third kappa shape index (κ3) is 3.65. The number of benzene rings is 1. The van der Waals surface area contributed by atoms with Gasteiger partial charge in [0.15, 0.2) is 11.4 Å². The van der Waals surface area contributed by atoms with Gasteiger partial charge in [-0.05, 0) is 36.6 Å². The Morgan fingerprint density at radius 3 is 2.38 bits per heavy atom. The fourth-order valence-electron chi connectivity index (χ4n) is 8.01. The molecule has 9 atom stereocenters. The van der Waals surface area contributed by atoms with Crippen molar-refractivity contribution < 1.29 is 39.2 Å². The van der Waals surface area contributed by atoms with Gasteiger partial charge in [-0.25, -0.2) is 4.79 Å². The molecule has 1 aromatic carbocycles. The van der Waals surface area contributed by atoms with E-state index < -0.39 is 82.2 Å². The molecule has 2 saturated carbocycles. The summed E-state index contributed by atoms with van der Waals surface area (Å²) in [6.45, 7) is 10.5. The van der Waals surface area contributed by atoms with Crippen LogP contribution in [-0.2, 0) is 19.1 Å². The van der Waals surface area contributed by atoms with Crippen molar-refractivity contribution in [3.05, 3.63) is 59.2 Å². The predicted molar refractivity (Wildman–Crippen MR) is 146 cm³/mol. The quantitative estimate of drug-likeness (QED) is 0.362. The highest BCUT2D eigenvalue weighted by Crippen LogP contribution is 2.77. The molecule has 0 aliphatic heterocycles. The van der Waals surface area contributed by atoms with E-state index in [9.17, 15) is 29.7 Å². The van der Waals surface area contributed by atoms with Crippen LogP contribution in [0.3, 0.4) is 0 Å². The number of hydrogen-bond donors (Lipinski definition) is 3. The van der Waals surface area contributed by atoms with Crippen molar-refractivity contribution in [3.8, 4) is 0 Å². The Morgan fingerprint density at radius 2 is 1.77 bits per heavy atom. The number of fused-ring (bicyclic) bond motifs is 5. The molecule has 5 rings (SSSR count). The molecule has 1 aromatic rings. The summed E-state index contributed by atoms with van der Waals surface area (Å²) in [5, 5.41) is 34.9. The van der Waals surface area contributed by atoms with E-state index in [-0.39, 0.29) is 6.42 Å². The molecule has 216 valence electrons. The highest BCUT2D eigenvalue weighted by Gasteiger charge is 2.88. The number of Topliss-reactive ketones (excluding diaryl/α,β-unsaturated/α-hetero) is 1. The number of aliphatic hydroxyl groups excluding tert-OH is 1. The zero-order chi connectivity index (χ0) is 29.4. The summed E-state index contributed by atoms with van der Waals surface area (Å²) < 4.78 is 12.6. The number of ether oxygens (including phenoxy) is 2. The minimum Gasteiger partial charge on any atom is -0.454 e. The van der Waals surface area contributed by atoms with Crippen molar-refractivity contribution in [1.82, 2.24) is 0 Å². The number of carbonyl (C=O) groups excluding carboxylic acids is 3. The van der Waals surface area contributed by atoms with Gasteiger partial charge < -0.3 is 24.8 Å². The van der Waals surface area contributed by atoms with Crippen molar-refractivity contribution in [2.45, 2.75) is 77.3 Å². The molecule has 0 radical (unpaired) electrons. The van der Waals surface area contributed by atoms with Gasteiger partial charge in [-0.1, -0.05) is 65.0 Å². The van der Waals surface area contributed by atoms with E-state index in [0.29, 0.717) is 23.1 Å². The normalized spacial score (nSPS) is 39.9. The van der Waals surface area contributed by atoms with Crippen LogP contribution in [0.1, 0.15) is 64.7 Å². The van der Waals surface area contributed by atoms with Crippen LogP contribution in [-0.4, -0.2) is 62.6 Å². The van der Waals surface area contributed by atoms with Gasteiger partial charge in [0.1, 0.15) is 11.7 Å². The van der Waals surface area contributed by atoms with E-state index in [1.807, 2.05) is 20.8 Å². The Hall–Kier alpha value is -2.81. The number of hydrogen-bond acceptors (Lipinski definition) is 8. The van der Waals surface area contributed by atoms with E-state index in [1.54, 1.807) is 63.3 Å². The molecule has 0 spiro atoms. The summed E-state index contributed by atoms with van der Waals surface area (Å²) in [4.78, 5) is 40.1. The average molecular weight is 553 g/mol. The van der Waals surface area contributed by atoms with E-state index in [0.717, 1.165) is 0 Å². The fourth-order valence-corrected chi connectivity index (χ4v) is 8.01. The monoisotopic (exact) mass is 552 g/mol. The zero-order valence-corrected chi connectivity index (χ0v) is 24.0. The van der Waals surface area contributed by atoms with Crippen LogP contribution in [0.15, 0.2) is 53.6 Å². The van der Waals surface area contributed by atoms with Crippen LogP contribution in [0.25, 0.3) is 0 Å². The largest absolute Gasteiger partial charge is 0.454 e. The van der Waals surface area contributed by atoms with Gasteiger partial charge in [0, 0.05) is 35.5 Å². The van der Waals surface area contributed by atoms with Gasteiger partial charge in [-0.2, -0.15) is 0 Å². The maximum Gasteiger partial charge on any atom is 0.338 e. The van der Waals surface area contributed by atoms with Crippen molar-refractivity contribution in [3.63, 3.8) is 0 Å². The summed E-state index contributed by atoms with van der Waals surface area (Å²) in [5.74, 6) is -5.04. The van der Waals surface area contributed by atoms with Crippen LogP contribution >= 0.6 is 0 Å². The van der Waals surface area contributed by atoms with Crippen LogP contribution in [0, 0.1) is 35.0 Å². The molecule has 40 heavy (non-hydrogen) atoms. The first-order chi connectivity index (χ1) is 18.7. The van der Waals surface area contributed by atoms with Crippen LogP contribution in [0.2, 0.25) is 0 Å². The third-order valence-electron chi connectivity index (χ3n) is 10.5. The van der Waals surface area contributed by atoms with Gasteiger partial charge in [0.25, 0.3) is 0 Å². The van der Waals surface area contributed by atoms with Gasteiger partial charge in [0.05, 0.1) is 23.7 Å². The van der Waals surface area contributed by atoms with Gasteiger partial charge in [-0.15, -0.1) is 0 Å². The first-order valence-corrected chi connectivity index (χ1v) is 14.2. The molecule has 8 heteroatoms. The number of carbonyl (C=O) groups is 3. The van der Waals surface area contributed by atoms with Gasteiger partial charge >= 0.3 is 11.9 Å². The molecule has 4 aliphatic rings. The summed E-state index contributed by atoms with van der Waals surface area (Å²) >= 11 is 0. The lowest BCUT2D eigenvalue weighted by molar-refractivity contribution is -0.221. The molecule has 0 saturated heterocycles. The first-order valence-electron chi connectivity index (χ1n) is 14.2. The molecule has 0 amide bonds. The molecule has 1 unspecified atom stereocenters. The van der Waals surface area contributed by atoms with Crippen molar-refractivity contribution in [1.29, 1.82) is 0 Å². The topological polar surface area (TPSA) is 130 Å². The predicted octanol–water partition coefficient (Wildman–Crippen LogP) is 3.39. The molecule has 0 aromatic heterocycles. The Balaban J connectivity index is 1.70. The molecular formula is C32H40O8. The number of aliphatic hydroxyl groups is 3. The number of esters is 2.